The lowest BCUT2D eigenvalue weighted by atomic mass is 9.99. The Balaban J connectivity index is 1.78. The zero-order valence-corrected chi connectivity index (χ0v) is 16.4. The van der Waals surface area contributed by atoms with Crippen LogP contribution in [0.2, 0.25) is 0 Å². The van der Waals surface area contributed by atoms with E-state index in [1.165, 1.54) is 15.8 Å². The molecule has 2 heterocycles. The van der Waals surface area contributed by atoms with Gasteiger partial charge in [0.1, 0.15) is 0 Å². The van der Waals surface area contributed by atoms with Crippen molar-refractivity contribution in [1.82, 2.24) is 14.7 Å². The summed E-state index contributed by atoms with van der Waals surface area (Å²) in [7, 11) is 0. The lowest BCUT2D eigenvalue weighted by molar-refractivity contribution is -0.168. The van der Waals surface area contributed by atoms with Crippen LogP contribution in [0, 0.1) is 23.4 Å². The standard InChI is InChI=1S/C19H18F6N4O2/c1-9(19(23,24)25)3-16(30)12-6-26-29-7-10(2)28(8-15(12)29)18(31)27-11-4-13(20)17(22)14(21)5-11/h4-6,9-10H,3,7-8H2,1-2H3,(H,27,31)/t9-,10+/m0/s1. The predicted molar refractivity (Wildman–Crippen MR) is 96.7 cm³/mol. The number of anilines is 1. The molecule has 12 heteroatoms. The van der Waals surface area contributed by atoms with Crippen LogP contribution in [0.4, 0.5) is 36.8 Å². The van der Waals surface area contributed by atoms with E-state index in [9.17, 15) is 35.9 Å². The Morgan fingerprint density at radius 2 is 1.84 bits per heavy atom. The molecule has 2 atom stereocenters. The molecule has 2 aromatic rings. The second-order valence-corrected chi connectivity index (χ2v) is 7.42. The number of hydrogen-bond acceptors (Lipinski definition) is 3. The highest BCUT2D eigenvalue weighted by Gasteiger charge is 2.38. The summed E-state index contributed by atoms with van der Waals surface area (Å²) in [6.07, 6.45) is -4.12. The van der Waals surface area contributed by atoms with E-state index in [1.807, 2.05) is 0 Å². The molecule has 3 rings (SSSR count). The molecule has 168 valence electrons. The smallest absolute Gasteiger partial charge is 0.314 e. The third-order valence-electron chi connectivity index (χ3n) is 5.08. The molecule has 1 aliphatic heterocycles. The number of amides is 2. The van der Waals surface area contributed by atoms with Gasteiger partial charge in [0.2, 0.25) is 0 Å². The van der Waals surface area contributed by atoms with Crippen LogP contribution in [0.15, 0.2) is 18.3 Å². The van der Waals surface area contributed by atoms with Crippen LogP contribution in [-0.4, -0.2) is 38.7 Å². The van der Waals surface area contributed by atoms with Gasteiger partial charge < -0.3 is 10.2 Å². The molecule has 0 fully saturated rings. The number of nitrogens with zero attached hydrogens (tertiary/aromatic N) is 3. The third-order valence-corrected chi connectivity index (χ3v) is 5.08. The lowest BCUT2D eigenvalue weighted by Gasteiger charge is -2.34. The van der Waals surface area contributed by atoms with Gasteiger partial charge in [0.15, 0.2) is 23.2 Å². The van der Waals surface area contributed by atoms with E-state index < -0.39 is 53.8 Å². The number of carbonyl (C=O) groups excluding carboxylic acids is 2. The van der Waals surface area contributed by atoms with Crippen molar-refractivity contribution in [2.24, 2.45) is 5.92 Å². The normalized spacial score (nSPS) is 17.3. The van der Waals surface area contributed by atoms with E-state index in [1.54, 1.807) is 6.92 Å². The molecule has 1 aromatic heterocycles. The fourth-order valence-electron chi connectivity index (χ4n) is 3.23. The Kier molecular flexibility index (Phi) is 6.01. The zero-order valence-electron chi connectivity index (χ0n) is 16.4. The van der Waals surface area contributed by atoms with Crippen molar-refractivity contribution in [3.63, 3.8) is 0 Å². The molecule has 0 radical (unpaired) electrons. The van der Waals surface area contributed by atoms with Gasteiger partial charge in [-0.3, -0.25) is 9.48 Å². The van der Waals surface area contributed by atoms with E-state index in [2.05, 4.69) is 10.4 Å². The number of urea groups is 1. The van der Waals surface area contributed by atoms with Crippen molar-refractivity contribution in [2.75, 3.05) is 5.32 Å². The number of carbonyl (C=O) groups is 2. The van der Waals surface area contributed by atoms with Gasteiger partial charge in [0.25, 0.3) is 0 Å². The molecule has 1 N–H and O–H groups in total. The Morgan fingerprint density at radius 3 is 2.42 bits per heavy atom. The molecule has 2 amide bonds. The summed E-state index contributed by atoms with van der Waals surface area (Å²) in [6, 6.07) is -0.0160. The van der Waals surface area contributed by atoms with Crippen LogP contribution in [-0.2, 0) is 13.1 Å². The van der Waals surface area contributed by atoms with Gasteiger partial charge in [-0.15, -0.1) is 0 Å². The highest BCUT2D eigenvalue weighted by molar-refractivity contribution is 5.97. The largest absolute Gasteiger partial charge is 0.391 e. The number of Topliss-reactive ketones (excluding diaryl/α,β-unsaturated/α-hetero) is 1. The van der Waals surface area contributed by atoms with Gasteiger partial charge in [-0.05, 0) is 6.92 Å². The van der Waals surface area contributed by atoms with Crippen molar-refractivity contribution in [3.05, 3.63) is 47.0 Å². The van der Waals surface area contributed by atoms with Crippen LogP contribution in [0.5, 0.6) is 0 Å². The summed E-state index contributed by atoms with van der Waals surface area (Å²) in [4.78, 5) is 26.3. The van der Waals surface area contributed by atoms with E-state index in [-0.39, 0.29) is 30.0 Å². The minimum absolute atomic E-state index is 0.0281. The molecule has 0 saturated heterocycles. The summed E-state index contributed by atoms with van der Waals surface area (Å²) in [5.74, 6) is -7.24. The van der Waals surface area contributed by atoms with Crippen LogP contribution < -0.4 is 5.32 Å². The molecule has 0 spiro atoms. The molecular formula is C19H18F6N4O2. The van der Waals surface area contributed by atoms with Crippen LogP contribution in [0.1, 0.15) is 36.3 Å². The van der Waals surface area contributed by atoms with Crippen molar-refractivity contribution in [3.8, 4) is 0 Å². The molecule has 6 nitrogen and oxygen atoms in total. The fourth-order valence-corrected chi connectivity index (χ4v) is 3.23. The highest BCUT2D eigenvalue weighted by atomic mass is 19.4. The number of rotatable bonds is 4. The second-order valence-electron chi connectivity index (χ2n) is 7.42. The Labute approximate surface area is 172 Å². The molecule has 0 saturated carbocycles. The van der Waals surface area contributed by atoms with Crippen molar-refractivity contribution in [2.45, 2.75) is 45.6 Å². The van der Waals surface area contributed by atoms with Crippen LogP contribution in [0.3, 0.4) is 0 Å². The first-order chi connectivity index (χ1) is 14.4. The van der Waals surface area contributed by atoms with Gasteiger partial charge >= 0.3 is 12.2 Å². The fraction of sp³-hybridized carbons (Fsp3) is 0.421. The maximum atomic E-state index is 13.4. The summed E-state index contributed by atoms with van der Waals surface area (Å²) >= 11 is 0. The Morgan fingerprint density at radius 1 is 1.23 bits per heavy atom. The number of hydrogen-bond donors (Lipinski definition) is 1. The van der Waals surface area contributed by atoms with Gasteiger partial charge in [0, 0.05) is 24.2 Å². The maximum absolute atomic E-state index is 13.4. The van der Waals surface area contributed by atoms with Crippen molar-refractivity contribution >= 4 is 17.5 Å². The molecule has 31 heavy (non-hydrogen) atoms. The minimum Gasteiger partial charge on any atom is -0.314 e. The predicted octanol–water partition coefficient (Wildman–Crippen LogP) is 4.51. The van der Waals surface area contributed by atoms with Crippen molar-refractivity contribution in [1.29, 1.82) is 0 Å². The van der Waals surface area contributed by atoms with Gasteiger partial charge in [-0.25, -0.2) is 18.0 Å². The highest BCUT2D eigenvalue weighted by Crippen LogP contribution is 2.30. The first-order valence-corrected chi connectivity index (χ1v) is 9.25. The second kappa shape index (κ2) is 8.23. The number of alkyl halides is 3. The summed E-state index contributed by atoms with van der Waals surface area (Å²) in [6.45, 7) is 2.54. The summed E-state index contributed by atoms with van der Waals surface area (Å²) in [5.41, 5.74) is -0.0910. The van der Waals surface area contributed by atoms with Gasteiger partial charge in [-0.2, -0.15) is 18.3 Å². The Bertz CT molecular complexity index is 996. The first kappa shape index (κ1) is 22.6. The monoisotopic (exact) mass is 448 g/mol. The molecule has 0 aliphatic carbocycles. The maximum Gasteiger partial charge on any atom is 0.391 e. The van der Waals surface area contributed by atoms with Crippen LogP contribution >= 0.6 is 0 Å². The van der Waals surface area contributed by atoms with E-state index in [0.717, 1.165) is 6.92 Å². The van der Waals surface area contributed by atoms with Crippen LogP contribution in [0.25, 0.3) is 0 Å². The SMILES string of the molecule is C[C@@H]1Cn2ncc(C(=O)C[C@H](C)C(F)(F)F)c2CN1C(=O)Nc1cc(F)c(F)c(F)c1. The van der Waals surface area contributed by atoms with E-state index >= 15 is 0 Å². The van der Waals surface area contributed by atoms with Gasteiger partial charge in [-0.1, -0.05) is 6.92 Å². The summed E-state index contributed by atoms with van der Waals surface area (Å²) in [5, 5.41) is 6.28. The lowest BCUT2D eigenvalue weighted by Crippen LogP contribution is -2.47. The quantitative estimate of drug-likeness (QED) is 0.425. The zero-order chi connectivity index (χ0) is 23.1. The van der Waals surface area contributed by atoms with E-state index in [4.69, 9.17) is 0 Å². The number of aromatic nitrogens is 2. The molecule has 0 bridgehead atoms. The number of ketones is 1. The molecule has 1 aliphatic rings. The average Bonchev–Trinajstić information content (AvgIpc) is 3.07. The number of nitrogens with one attached hydrogen (secondary N) is 1. The number of benzene rings is 1. The van der Waals surface area contributed by atoms with Crippen molar-refractivity contribution < 1.29 is 35.9 Å². The molecule has 1 aromatic carbocycles. The first-order valence-electron chi connectivity index (χ1n) is 9.25. The Hall–Kier alpha value is -3.05. The molecular weight excluding hydrogens is 430 g/mol. The molecule has 0 unspecified atom stereocenters. The number of halogens is 6. The van der Waals surface area contributed by atoms with E-state index in [0.29, 0.717) is 12.1 Å². The average molecular weight is 448 g/mol. The topological polar surface area (TPSA) is 67.2 Å². The number of fused-ring (bicyclic) bond motifs is 1. The minimum atomic E-state index is -4.52. The summed E-state index contributed by atoms with van der Waals surface area (Å²) < 4.78 is 79.7. The van der Waals surface area contributed by atoms with Gasteiger partial charge in [0.05, 0.1) is 42.5 Å². The third kappa shape index (κ3) is 4.67.